The summed E-state index contributed by atoms with van der Waals surface area (Å²) in [7, 11) is 0. The minimum Gasteiger partial charge on any atom is -0.292 e. The smallest absolute Gasteiger partial charge is 0.292 e. The third kappa shape index (κ3) is 3.12. The van der Waals surface area contributed by atoms with Gasteiger partial charge in [0.25, 0.3) is 5.56 Å². The van der Waals surface area contributed by atoms with E-state index in [9.17, 15) is 14.4 Å². The Bertz CT molecular complexity index is 795. The lowest BCUT2D eigenvalue weighted by atomic mass is 10.1. The highest BCUT2D eigenvalue weighted by Crippen LogP contribution is 2.22. The summed E-state index contributed by atoms with van der Waals surface area (Å²) in [4.78, 5) is 36.7. The number of carbonyl (C=O) groups is 1. The zero-order chi connectivity index (χ0) is 14.9. The molecule has 2 aromatic rings. The second kappa shape index (κ2) is 5.83. The Hall–Kier alpha value is -1.56. The third-order valence-corrected chi connectivity index (χ3v) is 3.53. The fourth-order valence-corrected chi connectivity index (χ4v) is 1.98. The number of aromatic nitrogens is 2. The number of rotatable bonds is 3. The molecule has 0 spiro atoms. The number of ketones is 1. The van der Waals surface area contributed by atoms with E-state index >= 15 is 0 Å². The Morgan fingerprint density at radius 3 is 2.45 bits per heavy atom. The maximum absolute atomic E-state index is 12.0. The van der Waals surface area contributed by atoms with Gasteiger partial charge >= 0.3 is 5.69 Å². The van der Waals surface area contributed by atoms with Gasteiger partial charge in [-0.1, -0.05) is 34.8 Å². The molecule has 0 atom stereocenters. The van der Waals surface area contributed by atoms with Crippen LogP contribution in [0, 0.1) is 0 Å². The fourth-order valence-electron chi connectivity index (χ4n) is 1.52. The maximum atomic E-state index is 12.0. The van der Waals surface area contributed by atoms with Crippen molar-refractivity contribution >= 4 is 40.6 Å². The number of nitrogens with zero attached hydrogens (tertiary/aromatic N) is 1. The molecule has 0 aliphatic heterocycles. The summed E-state index contributed by atoms with van der Waals surface area (Å²) in [6, 6.07) is 4.39. The Labute approximate surface area is 127 Å². The van der Waals surface area contributed by atoms with E-state index in [0.29, 0.717) is 10.6 Å². The van der Waals surface area contributed by atoms with Gasteiger partial charge in [0.15, 0.2) is 5.78 Å². The maximum Gasteiger partial charge on any atom is 0.328 e. The van der Waals surface area contributed by atoms with Gasteiger partial charge in [-0.25, -0.2) is 4.79 Å². The Kier molecular flexibility index (Phi) is 4.32. The molecular weight excluding hydrogens is 327 g/mol. The molecule has 0 bridgehead atoms. The molecule has 0 fully saturated rings. The van der Waals surface area contributed by atoms with E-state index in [1.165, 1.54) is 18.2 Å². The number of H-pyrrole nitrogens is 1. The zero-order valence-corrected chi connectivity index (χ0v) is 12.1. The average Bonchev–Trinajstić information content (AvgIpc) is 2.39. The van der Waals surface area contributed by atoms with Crippen molar-refractivity contribution in [3.63, 3.8) is 0 Å². The van der Waals surface area contributed by atoms with Crippen molar-refractivity contribution in [3.8, 4) is 0 Å². The quantitative estimate of drug-likeness (QED) is 0.877. The van der Waals surface area contributed by atoms with Gasteiger partial charge in [-0.15, -0.1) is 0 Å². The monoisotopic (exact) mass is 332 g/mol. The average molecular weight is 334 g/mol. The normalized spacial score (nSPS) is 10.6. The van der Waals surface area contributed by atoms with E-state index in [2.05, 4.69) is 0 Å². The molecule has 0 aliphatic carbocycles. The number of hydrogen-bond donors (Lipinski definition) is 1. The van der Waals surface area contributed by atoms with Crippen LogP contribution in [0.5, 0.6) is 0 Å². The van der Waals surface area contributed by atoms with E-state index in [1.54, 1.807) is 0 Å². The van der Waals surface area contributed by atoms with Gasteiger partial charge in [0.05, 0.1) is 16.6 Å². The number of carbonyl (C=O) groups excluding carboxylic acids is 1. The minimum absolute atomic E-state index is 0.175. The van der Waals surface area contributed by atoms with E-state index in [-0.39, 0.29) is 22.4 Å². The van der Waals surface area contributed by atoms with Crippen LogP contribution in [0.25, 0.3) is 0 Å². The number of halogens is 3. The van der Waals surface area contributed by atoms with Gasteiger partial charge in [-0.05, 0) is 18.2 Å². The Morgan fingerprint density at radius 2 is 1.80 bits per heavy atom. The van der Waals surface area contributed by atoms with Crippen molar-refractivity contribution in [1.29, 1.82) is 0 Å². The first kappa shape index (κ1) is 14.8. The second-order valence-corrected chi connectivity index (χ2v) is 5.14. The molecule has 2 rings (SSSR count). The van der Waals surface area contributed by atoms with Crippen LogP contribution < -0.4 is 11.2 Å². The van der Waals surface area contributed by atoms with E-state index < -0.39 is 11.2 Å². The largest absolute Gasteiger partial charge is 0.328 e. The summed E-state index contributed by atoms with van der Waals surface area (Å²) in [6.45, 7) is -0.271. The first-order valence-corrected chi connectivity index (χ1v) is 6.49. The molecule has 8 heteroatoms. The molecule has 1 heterocycles. The molecular formula is C12H7Cl3N2O3. The van der Waals surface area contributed by atoms with Gasteiger partial charge in [0, 0.05) is 11.8 Å². The predicted molar refractivity (Wildman–Crippen MR) is 77.1 cm³/mol. The van der Waals surface area contributed by atoms with Crippen molar-refractivity contribution in [3.05, 3.63) is 65.9 Å². The molecule has 0 radical (unpaired) electrons. The summed E-state index contributed by atoms with van der Waals surface area (Å²) < 4.78 is 1.01. The second-order valence-electron chi connectivity index (χ2n) is 3.92. The highest BCUT2D eigenvalue weighted by Gasteiger charge is 2.11. The number of Topliss-reactive ketones (excluding diaryl/α,β-unsaturated/α-hetero) is 1. The number of nitrogens with one attached hydrogen (secondary N) is 1. The highest BCUT2D eigenvalue weighted by atomic mass is 35.5. The molecule has 1 N–H and O–H groups in total. The van der Waals surface area contributed by atoms with Crippen molar-refractivity contribution in [2.75, 3.05) is 0 Å². The topological polar surface area (TPSA) is 71.9 Å². The molecule has 1 aromatic carbocycles. The van der Waals surface area contributed by atoms with Crippen LogP contribution >= 0.6 is 34.8 Å². The highest BCUT2D eigenvalue weighted by molar-refractivity contribution is 6.42. The van der Waals surface area contributed by atoms with Gasteiger partial charge in [0.1, 0.15) is 5.02 Å². The summed E-state index contributed by atoms with van der Waals surface area (Å²) in [5.41, 5.74) is -1.11. The molecule has 20 heavy (non-hydrogen) atoms. The molecule has 0 saturated carbocycles. The molecule has 0 saturated heterocycles. The van der Waals surface area contributed by atoms with Crippen LogP contribution in [-0.2, 0) is 6.54 Å². The van der Waals surface area contributed by atoms with Crippen molar-refractivity contribution in [2.24, 2.45) is 0 Å². The van der Waals surface area contributed by atoms with Crippen LogP contribution in [0.4, 0.5) is 0 Å². The number of aromatic amines is 1. The van der Waals surface area contributed by atoms with Crippen molar-refractivity contribution in [2.45, 2.75) is 6.54 Å². The van der Waals surface area contributed by atoms with Gasteiger partial charge in [-0.3, -0.25) is 19.1 Å². The number of hydrogen-bond acceptors (Lipinski definition) is 3. The van der Waals surface area contributed by atoms with Crippen LogP contribution in [-0.4, -0.2) is 15.3 Å². The van der Waals surface area contributed by atoms with Crippen molar-refractivity contribution < 1.29 is 4.79 Å². The van der Waals surface area contributed by atoms with Crippen LogP contribution in [0.1, 0.15) is 10.4 Å². The summed E-state index contributed by atoms with van der Waals surface area (Å²) in [5.74, 6) is -0.367. The van der Waals surface area contributed by atoms with Gasteiger partial charge < -0.3 is 0 Å². The first-order chi connectivity index (χ1) is 9.38. The third-order valence-electron chi connectivity index (χ3n) is 2.52. The van der Waals surface area contributed by atoms with Crippen molar-refractivity contribution in [1.82, 2.24) is 9.55 Å². The zero-order valence-electron chi connectivity index (χ0n) is 9.82. The molecule has 0 aliphatic rings. The fraction of sp³-hybridized carbons (Fsp3) is 0.0833. The molecule has 1 aromatic heterocycles. The number of benzene rings is 1. The SMILES string of the molecule is O=C(Cn1cc(Cl)c(=O)[nH]c1=O)c1ccc(Cl)c(Cl)c1. The lowest BCUT2D eigenvalue weighted by Crippen LogP contribution is -2.31. The Balaban J connectivity index is 2.32. The molecule has 0 amide bonds. The van der Waals surface area contributed by atoms with Gasteiger partial charge in [-0.2, -0.15) is 0 Å². The van der Waals surface area contributed by atoms with Crippen LogP contribution in [0.3, 0.4) is 0 Å². The lowest BCUT2D eigenvalue weighted by molar-refractivity contribution is 0.0970. The van der Waals surface area contributed by atoms with E-state index in [1.807, 2.05) is 4.98 Å². The summed E-state index contributed by atoms with van der Waals surface area (Å²) >= 11 is 17.2. The Morgan fingerprint density at radius 1 is 1.10 bits per heavy atom. The van der Waals surface area contributed by atoms with E-state index in [0.717, 1.165) is 10.8 Å². The van der Waals surface area contributed by atoms with E-state index in [4.69, 9.17) is 34.8 Å². The van der Waals surface area contributed by atoms with Crippen LogP contribution in [0.2, 0.25) is 15.1 Å². The summed E-state index contributed by atoms with van der Waals surface area (Å²) in [5, 5.41) is 0.392. The standard InChI is InChI=1S/C12H7Cl3N2O3/c13-7-2-1-6(3-8(7)14)10(18)5-17-4-9(15)11(19)16-12(17)20/h1-4H,5H2,(H,16,19,20). The summed E-state index contributed by atoms with van der Waals surface area (Å²) in [6.07, 6.45) is 1.11. The molecule has 5 nitrogen and oxygen atoms in total. The molecule has 0 unspecified atom stereocenters. The molecule has 104 valence electrons. The minimum atomic E-state index is -0.715. The lowest BCUT2D eigenvalue weighted by Gasteiger charge is -2.05. The van der Waals surface area contributed by atoms with Gasteiger partial charge in [0.2, 0.25) is 0 Å². The first-order valence-electron chi connectivity index (χ1n) is 5.36. The van der Waals surface area contributed by atoms with Crippen LogP contribution in [0.15, 0.2) is 34.0 Å². The predicted octanol–water partition coefficient (Wildman–Crippen LogP) is 2.38.